The molecule has 0 aliphatic carbocycles. The molecule has 0 amide bonds. The van der Waals surface area contributed by atoms with Gasteiger partial charge >= 0.3 is 0 Å². The number of para-hydroxylation sites is 1. The van der Waals surface area contributed by atoms with E-state index >= 15 is 0 Å². The van der Waals surface area contributed by atoms with Crippen molar-refractivity contribution in [1.29, 1.82) is 0 Å². The van der Waals surface area contributed by atoms with Crippen molar-refractivity contribution in [2.75, 3.05) is 45.8 Å². The summed E-state index contributed by atoms with van der Waals surface area (Å²) in [6.45, 7) is 5.15. The van der Waals surface area contributed by atoms with Gasteiger partial charge in [0.15, 0.2) is 11.1 Å². The monoisotopic (exact) mass is 391 g/mol. The summed E-state index contributed by atoms with van der Waals surface area (Å²) in [5.74, 6) is 1.61. The molecule has 0 spiro atoms. The SMILES string of the molecule is CCNC(=NCc1csc(N(C)C)n1)NCCOCc1ccccc1OC. The number of nitrogens with zero attached hydrogens (tertiary/aromatic N) is 3. The number of thiazole rings is 1. The highest BCUT2D eigenvalue weighted by Crippen LogP contribution is 2.18. The Balaban J connectivity index is 1.76. The Morgan fingerprint density at radius 1 is 1.26 bits per heavy atom. The van der Waals surface area contributed by atoms with E-state index in [4.69, 9.17) is 9.47 Å². The van der Waals surface area contributed by atoms with Crippen LogP contribution >= 0.6 is 11.3 Å². The molecule has 0 atom stereocenters. The van der Waals surface area contributed by atoms with Crippen molar-refractivity contribution in [2.24, 2.45) is 4.99 Å². The molecular formula is C19H29N5O2S. The number of guanidine groups is 1. The first-order chi connectivity index (χ1) is 13.1. The molecule has 2 N–H and O–H groups in total. The Morgan fingerprint density at radius 3 is 2.78 bits per heavy atom. The van der Waals surface area contributed by atoms with Crippen LogP contribution in [0.4, 0.5) is 5.13 Å². The molecule has 1 aromatic carbocycles. The summed E-state index contributed by atoms with van der Waals surface area (Å²) in [6, 6.07) is 7.88. The van der Waals surface area contributed by atoms with Crippen molar-refractivity contribution in [2.45, 2.75) is 20.1 Å². The fourth-order valence-corrected chi connectivity index (χ4v) is 3.07. The largest absolute Gasteiger partial charge is 0.496 e. The van der Waals surface area contributed by atoms with Gasteiger partial charge in [-0.2, -0.15) is 0 Å². The van der Waals surface area contributed by atoms with E-state index in [0.717, 1.165) is 34.6 Å². The van der Waals surface area contributed by atoms with Gasteiger partial charge in [-0.1, -0.05) is 18.2 Å². The number of hydrogen-bond acceptors (Lipinski definition) is 6. The zero-order valence-electron chi connectivity index (χ0n) is 16.5. The molecule has 1 heterocycles. The van der Waals surface area contributed by atoms with Gasteiger partial charge in [0.2, 0.25) is 0 Å². The number of rotatable bonds is 10. The lowest BCUT2D eigenvalue weighted by atomic mass is 10.2. The van der Waals surface area contributed by atoms with Gasteiger partial charge in [0.25, 0.3) is 0 Å². The minimum atomic E-state index is 0.519. The van der Waals surface area contributed by atoms with Crippen LogP contribution in [0.5, 0.6) is 5.75 Å². The molecule has 148 valence electrons. The first kappa shape index (κ1) is 21.0. The molecule has 0 unspecified atom stereocenters. The van der Waals surface area contributed by atoms with Crippen molar-refractivity contribution in [1.82, 2.24) is 15.6 Å². The molecule has 1 aromatic heterocycles. The van der Waals surface area contributed by atoms with Gasteiger partial charge in [-0.15, -0.1) is 11.3 Å². The maximum absolute atomic E-state index is 5.74. The maximum Gasteiger partial charge on any atom is 0.191 e. The molecule has 7 nitrogen and oxygen atoms in total. The minimum absolute atomic E-state index is 0.519. The average molecular weight is 392 g/mol. The molecule has 0 saturated heterocycles. The average Bonchev–Trinajstić information content (AvgIpc) is 3.15. The van der Waals surface area contributed by atoms with Gasteiger partial charge in [-0.3, -0.25) is 0 Å². The predicted molar refractivity (Wildman–Crippen MR) is 112 cm³/mol. The Hall–Kier alpha value is -2.32. The highest BCUT2D eigenvalue weighted by Gasteiger charge is 2.04. The van der Waals surface area contributed by atoms with Gasteiger partial charge < -0.3 is 25.0 Å². The van der Waals surface area contributed by atoms with Crippen LogP contribution in [0.3, 0.4) is 0 Å². The van der Waals surface area contributed by atoms with Gasteiger partial charge in [0, 0.05) is 38.1 Å². The van der Waals surface area contributed by atoms with E-state index < -0.39 is 0 Å². The van der Waals surface area contributed by atoms with Crippen molar-refractivity contribution in [3.05, 3.63) is 40.9 Å². The number of benzene rings is 1. The molecular weight excluding hydrogens is 362 g/mol. The van der Waals surface area contributed by atoms with Crippen LogP contribution < -0.4 is 20.3 Å². The van der Waals surface area contributed by atoms with Crippen molar-refractivity contribution in [3.8, 4) is 5.75 Å². The van der Waals surface area contributed by atoms with E-state index in [1.807, 2.05) is 55.6 Å². The molecule has 0 fully saturated rings. The number of nitrogens with one attached hydrogen (secondary N) is 2. The lowest BCUT2D eigenvalue weighted by molar-refractivity contribution is 0.123. The highest BCUT2D eigenvalue weighted by molar-refractivity contribution is 7.13. The summed E-state index contributed by atoms with van der Waals surface area (Å²) < 4.78 is 11.1. The Bertz CT molecular complexity index is 718. The van der Waals surface area contributed by atoms with E-state index in [0.29, 0.717) is 26.3 Å². The van der Waals surface area contributed by atoms with Crippen LogP contribution in [0.15, 0.2) is 34.6 Å². The molecule has 0 bridgehead atoms. The smallest absolute Gasteiger partial charge is 0.191 e. The van der Waals surface area contributed by atoms with Gasteiger partial charge in [0.05, 0.1) is 32.6 Å². The number of hydrogen-bond donors (Lipinski definition) is 2. The lowest BCUT2D eigenvalue weighted by Crippen LogP contribution is -2.39. The third kappa shape index (κ3) is 7.07. The Morgan fingerprint density at radius 2 is 2.07 bits per heavy atom. The summed E-state index contributed by atoms with van der Waals surface area (Å²) >= 11 is 1.62. The quantitative estimate of drug-likeness (QED) is 0.368. The second-order valence-electron chi connectivity index (χ2n) is 6.00. The molecule has 0 radical (unpaired) electrons. The second kappa shape index (κ2) is 11.4. The molecule has 27 heavy (non-hydrogen) atoms. The van der Waals surface area contributed by atoms with Crippen LogP contribution in [-0.4, -0.2) is 51.8 Å². The van der Waals surface area contributed by atoms with Crippen LogP contribution in [0.1, 0.15) is 18.2 Å². The fraction of sp³-hybridized carbons (Fsp3) is 0.474. The van der Waals surface area contributed by atoms with Crippen molar-refractivity contribution in [3.63, 3.8) is 0 Å². The van der Waals surface area contributed by atoms with Crippen molar-refractivity contribution < 1.29 is 9.47 Å². The molecule has 2 rings (SSSR count). The first-order valence-electron chi connectivity index (χ1n) is 8.97. The second-order valence-corrected chi connectivity index (χ2v) is 6.84. The normalized spacial score (nSPS) is 11.3. The van der Waals surface area contributed by atoms with Gasteiger partial charge in [-0.25, -0.2) is 9.98 Å². The van der Waals surface area contributed by atoms with Crippen LogP contribution in [-0.2, 0) is 17.9 Å². The molecule has 0 aliphatic rings. The summed E-state index contributed by atoms with van der Waals surface area (Å²) in [7, 11) is 5.65. The third-order valence-electron chi connectivity index (χ3n) is 3.65. The summed E-state index contributed by atoms with van der Waals surface area (Å²) in [5, 5.41) is 9.55. The van der Waals surface area contributed by atoms with E-state index in [9.17, 15) is 0 Å². The Kier molecular flexibility index (Phi) is 8.86. The van der Waals surface area contributed by atoms with E-state index in [-0.39, 0.29) is 0 Å². The Labute approximate surface area is 165 Å². The zero-order valence-corrected chi connectivity index (χ0v) is 17.3. The fourth-order valence-electron chi connectivity index (χ4n) is 2.32. The molecule has 2 aromatic rings. The highest BCUT2D eigenvalue weighted by atomic mass is 32.1. The van der Waals surface area contributed by atoms with E-state index in [1.165, 1.54) is 0 Å². The summed E-state index contributed by atoms with van der Waals surface area (Å²) in [5.41, 5.74) is 2.01. The number of ether oxygens (including phenoxy) is 2. The number of aromatic nitrogens is 1. The standard InChI is InChI=1S/C19H29N5O2S/c1-5-20-18(22-12-16-14-27-19(23-16)24(2)3)21-10-11-26-13-15-8-6-7-9-17(15)25-4/h6-9,14H,5,10-13H2,1-4H3,(H2,20,21,22). The minimum Gasteiger partial charge on any atom is -0.496 e. The molecule has 0 saturated carbocycles. The molecule has 0 aliphatic heterocycles. The molecule has 8 heteroatoms. The van der Waals surface area contributed by atoms with Gasteiger partial charge in [-0.05, 0) is 13.0 Å². The predicted octanol–water partition coefficient (Wildman–Crippen LogP) is 2.49. The third-order valence-corrected chi connectivity index (χ3v) is 4.71. The van der Waals surface area contributed by atoms with Crippen molar-refractivity contribution >= 4 is 22.4 Å². The summed E-state index contributed by atoms with van der Waals surface area (Å²) in [6.07, 6.45) is 0. The van der Waals surface area contributed by atoms with Crippen LogP contribution in [0.25, 0.3) is 0 Å². The number of anilines is 1. The number of aliphatic imine (C=N–C) groups is 1. The van der Waals surface area contributed by atoms with Gasteiger partial charge in [0.1, 0.15) is 5.75 Å². The first-order valence-corrected chi connectivity index (χ1v) is 9.85. The van der Waals surface area contributed by atoms with E-state index in [1.54, 1.807) is 18.4 Å². The maximum atomic E-state index is 5.74. The summed E-state index contributed by atoms with van der Waals surface area (Å²) in [4.78, 5) is 11.1. The number of methoxy groups -OCH3 is 1. The zero-order chi connectivity index (χ0) is 19.5. The lowest BCUT2D eigenvalue weighted by Gasteiger charge is -2.12. The van der Waals surface area contributed by atoms with Crippen LogP contribution in [0.2, 0.25) is 0 Å². The van der Waals surface area contributed by atoms with Crippen LogP contribution in [0, 0.1) is 0 Å². The topological polar surface area (TPSA) is 71.0 Å². The van der Waals surface area contributed by atoms with E-state index in [2.05, 4.69) is 20.6 Å².